The lowest BCUT2D eigenvalue weighted by atomic mass is 10.3. The fourth-order valence-electron chi connectivity index (χ4n) is 5.87. The average Bonchev–Trinajstić information content (AvgIpc) is 4.51. The lowest BCUT2D eigenvalue weighted by molar-refractivity contribution is -0.385. The van der Waals surface area contributed by atoms with Crippen molar-refractivity contribution in [1.82, 2.24) is 39.9 Å². The molecule has 11 rings (SSSR count). The smallest absolute Gasteiger partial charge is 0.269 e. The highest BCUT2D eigenvalue weighted by Crippen LogP contribution is 2.32. The van der Waals surface area contributed by atoms with Crippen molar-refractivity contribution in [1.29, 1.82) is 0 Å². The Morgan fingerprint density at radius 2 is 0.791 bits per heavy atom. The molecule has 0 radical (unpaired) electrons. The first-order valence-electron chi connectivity index (χ1n) is 24.7. The first-order chi connectivity index (χ1) is 40.8. The summed E-state index contributed by atoms with van der Waals surface area (Å²) >= 11 is 16.5. The van der Waals surface area contributed by atoms with E-state index in [-0.39, 0.29) is 82.6 Å². The number of hydrogen-bond donors (Lipinski definition) is 6. The quantitative estimate of drug-likeness (QED) is 0.0255. The molecule has 8 aromatic rings. The Morgan fingerprint density at radius 1 is 0.488 bits per heavy atom. The van der Waals surface area contributed by atoms with Crippen LogP contribution in [0.4, 0.5) is 34.4 Å². The molecule has 3 saturated carbocycles. The summed E-state index contributed by atoms with van der Waals surface area (Å²) in [5.41, 5.74) is 11.1. The molecular weight excluding hydrogens is 1190 g/mol. The largest absolute Gasteiger partial charge is 0.508 e. The first-order valence-corrected chi connectivity index (χ1v) is 25.8. The molecule has 3 amide bonds. The van der Waals surface area contributed by atoms with Gasteiger partial charge in [-0.25, -0.2) is 39.9 Å². The molecule has 3 aliphatic rings. The molecule has 0 saturated heterocycles. The molecule has 4 heterocycles. The topological polar surface area (TPSA) is 428 Å². The number of benzene rings is 4. The number of nitrogens with one attached hydrogen (secondary N) is 2. The van der Waals surface area contributed by atoms with Gasteiger partial charge in [-0.3, -0.25) is 44.7 Å². The Bertz CT molecular complexity index is 3480. The van der Waals surface area contributed by atoms with Crippen LogP contribution in [0.2, 0.25) is 15.5 Å². The van der Waals surface area contributed by atoms with E-state index in [0.29, 0.717) is 50.8 Å². The van der Waals surface area contributed by atoms with Crippen LogP contribution >= 0.6 is 34.8 Å². The number of carbonyl (C=O) groups is 3. The zero-order chi connectivity index (χ0) is 61.8. The van der Waals surface area contributed by atoms with Crippen LogP contribution in [0, 0.1) is 48.1 Å². The molecule has 3 aliphatic carbocycles. The third kappa shape index (κ3) is 25.8. The lowest BCUT2D eigenvalue weighted by Crippen LogP contribution is -2.14. The van der Waals surface area contributed by atoms with Crippen LogP contribution in [0.1, 0.15) is 46.0 Å². The number of hydrogen-bond acceptors (Lipinski definition) is 23. The van der Waals surface area contributed by atoms with Crippen LogP contribution in [0.5, 0.6) is 40.6 Å². The van der Waals surface area contributed by atoms with E-state index >= 15 is 0 Å². The number of nitrogens with zero attached hydrogens (tertiary/aromatic N) is 11. The van der Waals surface area contributed by atoms with Crippen molar-refractivity contribution < 1.29 is 53.6 Å². The van der Waals surface area contributed by atoms with Crippen LogP contribution < -0.4 is 36.3 Å². The standard InChI is InChI=1S/C14H12N4O4.C14H14N4O2.C10H6ClN3O3.C6H5NO3.C4H2Cl2N2.C4H7NO.CH4O.CH4/c19-14(9-1-2-9)17-12-7-13(16-8-15-12)22-11-5-3-10(4-6-11)18(20)21;15-10-3-5-11(6-4-10)20-13-7-12(16-8-17-13)18-14(19)9-1-2-9;11-9-5-10(13-6-12-9)17-8-3-1-7(2-4-8)14(15)16;8-6-3-1-5(2-4-6)7(9)10;5-3-1-4(6)8-2-7-3;5-4(6)3-1-2-3;1-2;/h3-9H,1-2H2,(H,15,16,17,19);3-9H,1-2,15H2,(H,16,17,18,19);1-6H;1-4,8H;1-2H;3H,1-2H2,(H2,5,6);2H,1H3;1H4. The van der Waals surface area contributed by atoms with E-state index in [4.69, 9.17) is 70.7 Å². The molecule has 0 atom stereocenters. The SMILES string of the molecule is C.CO.Clc1cc(Cl)ncn1.NC(=O)C1CC1.Nc1ccc(Oc2cc(NC(=O)C3CC3)ncn2)cc1.O=C(Nc1cc(Oc2ccc([N+](=O)[O-])cc2)ncn1)C1CC1.O=[N+]([O-])c1ccc(O)cc1.O=[N+]([O-])c1ccc(Oc2cc(Cl)ncn2)cc1. The summed E-state index contributed by atoms with van der Waals surface area (Å²) in [7, 11) is 1.00. The summed E-state index contributed by atoms with van der Waals surface area (Å²) in [5.74, 6) is 3.47. The molecule has 0 bridgehead atoms. The Kier molecular flexibility index (Phi) is 27.7. The molecule has 4 aromatic heterocycles. The number of nitrogen functional groups attached to an aromatic ring is 1. The van der Waals surface area contributed by atoms with E-state index in [2.05, 4.69) is 50.5 Å². The van der Waals surface area contributed by atoms with Gasteiger partial charge in [0.2, 0.25) is 35.4 Å². The number of aromatic hydroxyl groups is 1. The van der Waals surface area contributed by atoms with Crippen LogP contribution in [0.3, 0.4) is 0 Å². The van der Waals surface area contributed by atoms with Gasteiger partial charge < -0.3 is 46.5 Å². The van der Waals surface area contributed by atoms with Gasteiger partial charge in [0.05, 0.1) is 14.8 Å². The monoisotopic (exact) mass is 1240 g/mol. The third-order valence-electron chi connectivity index (χ3n) is 10.6. The number of ether oxygens (including phenoxy) is 3. The first kappa shape index (κ1) is 68.1. The predicted molar refractivity (Wildman–Crippen MR) is 315 cm³/mol. The van der Waals surface area contributed by atoms with Gasteiger partial charge in [-0.2, -0.15) is 0 Å². The summed E-state index contributed by atoms with van der Waals surface area (Å²) in [6.07, 6.45) is 11.0. The molecule has 32 heteroatoms. The molecule has 8 N–H and O–H groups in total. The van der Waals surface area contributed by atoms with Gasteiger partial charge in [-0.1, -0.05) is 42.2 Å². The van der Waals surface area contributed by atoms with Crippen LogP contribution in [0.25, 0.3) is 0 Å². The number of nitro groups is 3. The Hall–Kier alpha value is -10.4. The minimum absolute atomic E-state index is 0. The summed E-state index contributed by atoms with van der Waals surface area (Å²) < 4.78 is 16.4. The van der Waals surface area contributed by atoms with Crippen molar-refractivity contribution in [3.05, 3.63) is 192 Å². The fraction of sp³-hybridized carbons (Fsp3) is 0.204. The number of carbonyl (C=O) groups excluding carboxylic acids is 3. The van der Waals surface area contributed by atoms with E-state index in [9.17, 15) is 44.7 Å². The molecule has 0 aliphatic heterocycles. The van der Waals surface area contributed by atoms with E-state index in [1.807, 2.05) is 0 Å². The molecule has 0 spiro atoms. The number of anilines is 3. The highest BCUT2D eigenvalue weighted by molar-refractivity contribution is 6.33. The molecule has 3 fully saturated rings. The van der Waals surface area contributed by atoms with Gasteiger partial charge in [0.1, 0.15) is 75.4 Å². The number of primary amides is 1. The summed E-state index contributed by atoms with van der Waals surface area (Å²) in [5, 5.41) is 53.2. The number of nitrogens with two attached hydrogens (primary N) is 2. The highest BCUT2D eigenvalue weighted by Gasteiger charge is 2.31. The maximum Gasteiger partial charge on any atom is 0.269 e. The molecular formula is C54H54Cl3N15O14. The second kappa shape index (κ2) is 34.9. The molecule has 86 heavy (non-hydrogen) atoms. The van der Waals surface area contributed by atoms with E-state index in [1.54, 1.807) is 30.3 Å². The van der Waals surface area contributed by atoms with Gasteiger partial charge in [0.25, 0.3) is 17.1 Å². The Labute approximate surface area is 504 Å². The molecule has 0 unspecified atom stereocenters. The number of phenols is 1. The number of aromatic nitrogens is 8. The molecule has 450 valence electrons. The highest BCUT2D eigenvalue weighted by atomic mass is 35.5. The number of halogens is 3. The van der Waals surface area contributed by atoms with E-state index in [0.717, 1.165) is 45.6 Å². The average molecular weight is 1240 g/mol. The van der Waals surface area contributed by atoms with Crippen molar-refractivity contribution in [2.24, 2.45) is 23.5 Å². The van der Waals surface area contributed by atoms with E-state index in [1.165, 1.54) is 116 Å². The number of nitro benzene ring substituents is 3. The van der Waals surface area contributed by atoms with Crippen LogP contribution in [-0.4, -0.2) is 89.7 Å². The molecule has 29 nitrogen and oxygen atoms in total. The summed E-state index contributed by atoms with van der Waals surface area (Å²) in [4.78, 5) is 93.6. The number of aliphatic hydroxyl groups is 1. The van der Waals surface area contributed by atoms with Crippen LogP contribution in [0.15, 0.2) is 147 Å². The van der Waals surface area contributed by atoms with Gasteiger partial charge in [0, 0.05) is 91.2 Å². The minimum atomic E-state index is -0.514. The number of rotatable bonds is 14. The van der Waals surface area contributed by atoms with Gasteiger partial charge in [-0.15, -0.1) is 0 Å². The normalized spacial score (nSPS) is 12.1. The fourth-order valence-corrected chi connectivity index (χ4v) is 6.36. The van der Waals surface area contributed by atoms with Crippen molar-refractivity contribution in [2.45, 2.75) is 46.0 Å². The molecule has 4 aromatic carbocycles. The number of aliphatic hydroxyl groups excluding tert-OH is 1. The summed E-state index contributed by atoms with van der Waals surface area (Å²) in [6.45, 7) is 0. The second-order valence-electron chi connectivity index (χ2n) is 17.2. The Morgan fingerprint density at radius 3 is 1.08 bits per heavy atom. The van der Waals surface area contributed by atoms with Crippen molar-refractivity contribution in [3.8, 4) is 40.6 Å². The van der Waals surface area contributed by atoms with Crippen LogP contribution in [-0.2, 0) is 14.4 Å². The van der Waals surface area contributed by atoms with Gasteiger partial charge in [-0.05, 0) is 99.2 Å². The summed E-state index contributed by atoms with van der Waals surface area (Å²) in [6, 6.07) is 29.3. The van der Waals surface area contributed by atoms with Crippen molar-refractivity contribution >= 4 is 86.9 Å². The minimum Gasteiger partial charge on any atom is -0.508 e. The number of phenolic OH excluding ortho intramolecular Hbond substituents is 1. The third-order valence-corrected chi connectivity index (χ3v) is 11.2. The van der Waals surface area contributed by atoms with Gasteiger partial charge in [0.15, 0.2) is 0 Å². The zero-order valence-corrected chi connectivity index (χ0v) is 46.6. The zero-order valence-electron chi connectivity index (χ0n) is 44.3. The number of non-ortho nitro benzene ring substituents is 3. The van der Waals surface area contributed by atoms with E-state index < -0.39 is 14.8 Å². The Balaban J connectivity index is 0.000000230. The lowest BCUT2D eigenvalue weighted by Gasteiger charge is -2.07. The maximum atomic E-state index is 11.7. The van der Waals surface area contributed by atoms with Crippen molar-refractivity contribution in [3.63, 3.8) is 0 Å². The number of amides is 3. The predicted octanol–water partition coefficient (Wildman–Crippen LogP) is 10.8. The van der Waals surface area contributed by atoms with Gasteiger partial charge >= 0.3 is 0 Å². The van der Waals surface area contributed by atoms with Crippen molar-refractivity contribution in [2.75, 3.05) is 23.5 Å². The second-order valence-corrected chi connectivity index (χ2v) is 18.3. The maximum absolute atomic E-state index is 11.7.